The number of carbonyl (C=O) groups excluding carboxylic acids is 2. The number of benzene rings is 4. The van der Waals surface area contributed by atoms with Gasteiger partial charge in [0.15, 0.2) is 0 Å². The van der Waals surface area contributed by atoms with E-state index in [-0.39, 0.29) is 24.9 Å². The van der Waals surface area contributed by atoms with Gasteiger partial charge in [-0.2, -0.15) is 0 Å². The summed E-state index contributed by atoms with van der Waals surface area (Å²) in [5, 5.41) is 0. The smallest absolute Gasteiger partial charge is 0.278 e. The molecular formula is C34H24Br2N4O2. The second kappa shape index (κ2) is 12.2. The lowest BCUT2D eigenvalue weighted by Crippen LogP contribution is -2.42. The predicted molar refractivity (Wildman–Crippen MR) is 174 cm³/mol. The van der Waals surface area contributed by atoms with Crippen molar-refractivity contribution in [3.05, 3.63) is 152 Å². The number of rotatable bonds is 7. The van der Waals surface area contributed by atoms with E-state index in [4.69, 9.17) is 9.98 Å². The summed E-state index contributed by atoms with van der Waals surface area (Å²) in [5.74, 6) is 0.656. The number of hydrogen-bond acceptors (Lipinski definition) is 4. The van der Waals surface area contributed by atoms with Crippen molar-refractivity contribution in [2.24, 2.45) is 9.98 Å². The van der Waals surface area contributed by atoms with Crippen molar-refractivity contribution in [1.82, 2.24) is 9.80 Å². The van der Waals surface area contributed by atoms with Crippen LogP contribution in [0.25, 0.3) is 12.2 Å². The third-order valence-electron chi connectivity index (χ3n) is 6.85. The first-order valence-electron chi connectivity index (χ1n) is 13.3. The van der Waals surface area contributed by atoms with Crippen LogP contribution < -0.4 is 0 Å². The Morgan fingerprint density at radius 2 is 0.881 bits per heavy atom. The van der Waals surface area contributed by atoms with E-state index in [2.05, 4.69) is 31.9 Å². The second-order valence-corrected chi connectivity index (χ2v) is 11.5. The summed E-state index contributed by atoms with van der Waals surface area (Å²) >= 11 is 6.97. The van der Waals surface area contributed by atoms with Crippen LogP contribution in [0, 0.1) is 0 Å². The molecule has 0 fully saturated rings. The van der Waals surface area contributed by atoms with Crippen molar-refractivity contribution in [3.63, 3.8) is 0 Å². The quantitative estimate of drug-likeness (QED) is 0.195. The lowest BCUT2D eigenvalue weighted by molar-refractivity contribution is -0.125. The van der Waals surface area contributed by atoms with Crippen LogP contribution in [0.3, 0.4) is 0 Å². The maximum atomic E-state index is 13.7. The van der Waals surface area contributed by atoms with Gasteiger partial charge in [-0.1, -0.05) is 117 Å². The Bertz CT molecular complexity index is 1630. The normalized spacial score (nSPS) is 16.9. The molecule has 4 aromatic carbocycles. The van der Waals surface area contributed by atoms with Crippen LogP contribution in [0.4, 0.5) is 0 Å². The molecule has 0 atom stereocenters. The minimum Gasteiger partial charge on any atom is -0.289 e. The number of nitrogens with zero attached hydrogens (tertiary/aromatic N) is 4. The number of amides is 2. The van der Waals surface area contributed by atoms with E-state index in [9.17, 15) is 9.59 Å². The minimum atomic E-state index is -0.217. The molecule has 2 heterocycles. The lowest BCUT2D eigenvalue weighted by Gasteiger charge is -2.24. The zero-order valence-electron chi connectivity index (χ0n) is 22.3. The molecule has 0 aliphatic carbocycles. The average Bonchev–Trinajstić information content (AvgIpc) is 3.48. The monoisotopic (exact) mass is 678 g/mol. The molecule has 6 nitrogen and oxygen atoms in total. The zero-order valence-corrected chi connectivity index (χ0v) is 25.5. The van der Waals surface area contributed by atoms with Crippen LogP contribution in [0.15, 0.2) is 140 Å². The molecule has 0 aromatic heterocycles. The molecule has 42 heavy (non-hydrogen) atoms. The highest BCUT2D eigenvalue weighted by Gasteiger charge is 2.35. The highest BCUT2D eigenvalue weighted by atomic mass is 79.9. The van der Waals surface area contributed by atoms with Gasteiger partial charge >= 0.3 is 0 Å². The predicted octanol–water partition coefficient (Wildman–Crippen LogP) is 7.17. The van der Waals surface area contributed by atoms with Crippen LogP contribution in [0.5, 0.6) is 0 Å². The van der Waals surface area contributed by atoms with Crippen molar-refractivity contribution in [3.8, 4) is 0 Å². The summed E-state index contributed by atoms with van der Waals surface area (Å²) in [4.78, 5) is 40.2. The highest BCUT2D eigenvalue weighted by Crippen LogP contribution is 2.26. The highest BCUT2D eigenvalue weighted by molar-refractivity contribution is 9.10. The van der Waals surface area contributed by atoms with Crippen LogP contribution in [0.2, 0.25) is 0 Å². The molecule has 0 saturated heterocycles. The SMILES string of the molecule is O=C1C(=Cc2ccccc2)N=C(c2ccc(Br)cc2)N1CCN1C(=O)C(=Cc2ccccc2)N=C1c1ccc(Br)cc1. The minimum absolute atomic E-state index is 0.217. The van der Waals surface area contributed by atoms with Crippen molar-refractivity contribution < 1.29 is 9.59 Å². The van der Waals surface area contributed by atoms with Gasteiger partial charge in [0.05, 0.1) is 0 Å². The van der Waals surface area contributed by atoms with Gasteiger partial charge in [-0.3, -0.25) is 19.4 Å². The summed E-state index contributed by atoms with van der Waals surface area (Å²) in [5.41, 5.74) is 4.08. The Morgan fingerprint density at radius 3 is 1.24 bits per heavy atom. The van der Waals surface area contributed by atoms with E-state index < -0.39 is 0 Å². The molecule has 0 radical (unpaired) electrons. The molecule has 206 valence electrons. The van der Waals surface area contributed by atoms with E-state index in [1.165, 1.54) is 0 Å². The van der Waals surface area contributed by atoms with E-state index in [0.717, 1.165) is 31.2 Å². The fraction of sp³-hybridized carbons (Fsp3) is 0.0588. The maximum Gasteiger partial charge on any atom is 0.278 e. The second-order valence-electron chi connectivity index (χ2n) is 9.68. The van der Waals surface area contributed by atoms with Crippen molar-refractivity contribution >= 4 is 67.5 Å². The molecule has 0 spiro atoms. The van der Waals surface area contributed by atoms with Crippen LogP contribution in [-0.4, -0.2) is 46.4 Å². The Kier molecular flexibility index (Phi) is 8.08. The number of hydrogen-bond donors (Lipinski definition) is 0. The van der Waals surface area contributed by atoms with Gasteiger partial charge in [-0.25, -0.2) is 9.98 Å². The lowest BCUT2D eigenvalue weighted by atomic mass is 10.1. The van der Waals surface area contributed by atoms with E-state index >= 15 is 0 Å². The fourth-order valence-corrected chi connectivity index (χ4v) is 5.30. The molecule has 0 bridgehead atoms. The molecule has 0 N–H and O–H groups in total. The van der Waals surface area contributed by atoms with Crippen molar-refractivity contribution in [2.75, 3.05) is 13.1 Å². The molecule has 0 unspecified atom stereocenters. The van der Waals surface area contributed by atoms with Crippen LogP contribution in [-0.2, 0) is 9.59 Å². The molecule has 8 heteroatoms. The summed E-state index contributed by atoms with van der Waals surface area (Å²) in [6.07, 6.45) is 3.58. The topological polar surface area (TPSA) is 65.3 Å². The number of halogens is 2. The number of aliphatic imine (C=N–C) groups is 2. The summed E-state index contributed by atoms with van der Waals surface area (Å²) < 4.78 is 1.86. The van der Waals surface area contributed by atoms with Crippen LogP contribution in [0.1, 0.15) is 22.3 Å². The summed E-state index contributed by atoms with van der Waals surface area (Å²) in [7, 11) is 0. The van der Waals surface area contributed by atoms with E-state index in [0.29, 0.717) is 23.1 Å². The Balaban J connectivity index is 1.33. The average molecular weight is 680 g/mol. The van der Waals surface area contributed by atoms with Gasteiger partial charge in [-0.05, 0) is 47.5 Å². The van der Waals surface area contributed by atoms with Gasteiger partial charge in [0, 0.05) is 33.2 Å². The van der Waals surface area contributed by atoms with Gasteiger partial charge in [0.1, 0.15) is 23.1 Å². The third kappa shape index (κ3) is 5.95. The van der Waals surface area contributed by atoms with Gasteiger partial charge < -0.3 is 0 Å². The fourth-order valence-electron chi connectivity index (χ4n) is 4.77. The molecule has 2 aliphatic heterocycles. The van der Waals surface area contributed by atoms with Gasteiger partial charge in [0.25, 0.3) is 11.8 Å². The summed E-state index contributed by atoms with van der Waals surface area (Å²) in [6, 6.07) is 34.6. The molecule has 6 rings (SSSR count). The maximum absolute atomic E-state index is 13.7. The standard InChI is InChI=1S/C34H24Br2N4O2/c35-27-15-11-25(12-16-27)31-37-29(21-23-7-3-1-4-8-23)33(41)39(31)19-20-40-32(26-13-17-28(36)18-14-26)38-30(34(40)42)22-24-9-5-2-6-10-24/h1-18,21-22H,19-20H2. The molecule has 0 saturated carbocycles. The van der Waals surface area contributed by atoms with E-state index in [1.54, 1.807) is 22.0 Å². The number of carbonyl (C=O) groups is 2. The Morgan fingerprint density at radius 1 is 0.524 bits per heavy atom. The molecule has 2 aliphatic rings. The number of amidine groups is 2. The molecule has 2 amide bonds. The van der Waals surface area contributed by atoms with Gasteiger partial charge in [0.2, 0.25) is 0 Å². The molecular weight excluding hydrogens is 656 g/mol. The van der Waals surface area contributed by atoms with Crippen molar-refractivity contribution in [1.29, 1.82) is 0 Å². The third-order valence-corrected chi connectivity index (χ3v) is 7.91. The Labute approximate surface area is 260 Å². The Hall–Kier alpha value is -4.40. The van der Waals surface area contributed by atoms with Gasteiger partial charge in [-0.15, -0.1) is 0 Å². The first-order valence-corrected chi connectivity index (χ1v) is 14.9. The summed E-state index contributed by atoms with van der Waals surface area (Å²) in [6.45, 7) is 0.472. The van der Waals surface area contributed by atoms with Crippen molar-refractivity contribution in [2.45, 2.75) is 0 Å². The first-order chi connectivity index (χ1) is 20.5. The zero-order chi connectivity index (χ0) is 29.1. The van der Waals surface area contributed by atoms with Crippen LogP contribution >= 0.6 is 31.9 Å². The molecule has 4 aromatic rings. The largest absolute Gasteiger partial charge is 0.289 e. The van der Waals surface area contributed by atoms with E-state index in [1.807, 2.05) is 109 Å². The first kappa shape index (κ1) is 27.8.